The van der Waals surface area contributed by atoms with Crippen LogP contribution in [0, 0.1) is 0 Å². The molecule has 1 rings (SSSR count). The number of hydrogen-bond acceptors (Lipinski definition) is 3. The molecule has 1 heterocycles. The summed E-state index contributed by atoms with van der Waals surface area (Å²) >= 11 is 0. The minimum Gasteiger partial charge on any atom is -0.374 e. The van der Waals surface area contributed by atoms with Crippen molar-refractivity contribution in [2.45, 2.75) is 102 Å². The minimum absolute atomic E-state index is 1.11. The van der Waals surface area contributed by atoms with Crippen molar-refractivity contribution in [3.05, 3.63) is 24.4 Å². The van der Waals surface area contributed by atoms with E-state index in [2.05, 4.69) is 36.3 Å². The van der Waals surface area contributed by atoms with Gasteiger partial charge in [-0.2, -0.15) is 21.6 Å². The molecule has 0 aromatic carbocycles. The summed E-state index contributed by atoms with van der Waals surface area (Å²) in [5.41, 5.74) is -5.53. The van der Waals surface area contributed by atoms with Gasteiger partial charge >= 0.3 is 15.6 Å². The predicted octanol–water partition coefficient (Wildman–Crippen LogP) is 7.25. The van der Waals surface area contributed by atoms with Crippen LogP contribution in [0.1, 0.15) is 96.8 Å². The number of halogens is 3. The van der Waals surface area contributed by atoms with Crippen LogP contribution in [0.5, 0.6) is 0 Å². The fraction of sp³-hybridized carbons (Fsp3) is 0.818. The van der Waals surface area contributed by atoms with E-state index in [1.807, 2.05) is 0 Å². The third-order valence-corrected chi connectivity index (χ3v) is 5.56. The number of allylic oxidation sites excluding steroid dienone is 2. The molecule has 178 valence electrons. The van der Waals surface area contributed by atoms with Crippen LogP contribution in [0.15, 0.2) is 24.4 Å². The molecule has 0 aliphatic carbocycles. The van der Waals surface area contributed by atoms with Gasteiger partial charge in [0.2, 0.25) is 0 Å². The molecule has 8 heteroatoms. The molecule has 1 aliphatic rings. The van der Waals surface area contributed by atoms with Crippen LogP contribution in [0.2, 0.25) is 0 Å². The lowest BCUT2D eigenvalue weighted by Gasteiger charge is -2.20. The number of unbranched alkanes of at least 4 members (excludes halogenated alkanes) is 13. The molecule has 0 radical (unpaired) electrons. The summed E-state index contributed by atoms with van der Waals surface area (Å²) in [6, 6.07) is 0. The monoisotopic (exact) mass is 455 g/mol. The van der Waals surface area contributed by atoms with Gasteiger partial charge < -0.3 is 4.90 Å². The van der Waals surface area contributed by atoms with Crippen molar-refractivity contribution in [2.24, 2.45) is 0 Å². The molecule has 4 nitrogen and oxygen atoms in total. The average molecular weight is 456 g/mol. The van der Waals surface area contributed by atoms with Crippen molar-refractivity contribution < 1.29 is 26.1 Å². The predicted molar refractivity (Wildman–Crippen MR) is 118 cm³/mol. The van der Waals surface area contributed by atoms with E-state index in [1.54, 1.807) is 0 Å². The molecule has 30 heavy (non-hydrogen) atoms. The summed E-state index contributed by atoms with van der Waals surface area (Å²) in [4.78, 5) is 2.42. The second kappa shape index (κ2) is 17.6. The van der Waals surface area contributed by atoms with Gasteiger partial charge in [-0.15, -0.1) is 0 Å². The van der Waals surface area contributed by atoms with Crippen LogP contribution < -0.4 is 0 Å². The summed E-state index contributed by atoms with van der Waals surface area (Å²) in [5.74, 6) is 0. The molecule has 1 aliphatic heterocycles. The molecular formula is C22H40F3NO3S. The lowest BCUT2D eigenvalue weighted by atomic mass is 10.0. The van der Waals surface area contributed by atoms with Crippen LogP contribution in [0.25, 0.3) is 0 Å². The molecule has 0 aromatic heterocycles. The van der Waals surface area contributed by atoms with E-state index >= 15 is 0 Å². The van der Waals surface area contributed by atoms with Crippen molar-refractivity contribution in [2.75, 3.05) is 13.1 Å². The van der Waals surface area contributed by atoms with Crippen LogP contribution in [0.3, 0.4) is 0 Å². The smallest absolute Gasteiger partial charge is 0.374 e. The lowest BCUT2D eigenvalue weighted by molar-refractivity contribution is -0.0510. The van der Waals surface area contributed by atoms with Crippen molar-refractivity contribution in [3.63, 3.8) is 0 Å². The zero-order valence-corrected chi connectivity index (χ0v) is 19.2. The van der Waals surface area contributed by atoms with Gasteiger partial charge in [-0.1, -0.05) is 103 Å². The Morgan fingerprint density at radius 1 is 0.800 bits per heavy atom. The van der Waals surface area contributed by atoms with Crippen molar-refractivity contribution in [1.29, 1.82) is 0 Å². The van der Waals surface area contributed by atoms with Crippen LogP contribution in [0.4, 0.5) is 13.2 Å². The molecule has 0 fully saturated rings. The SMILES string of the molecule is CCCCCCCCCCCCCCCCN1C=CC=CC1.O=S(=O)(O)C(F)(F)F. The maximum Gasteiger partial charge on any atom is 0.522 e. The molecule has 0 unspecified atom stereocenters. The van der Waals surface area contributed by atoms with Gasteiger partial charge in [0.05, 0.1) is 0 Å². The fourth-order valence-corrected chi connectivity index (χ4v) is 3.18. The molecular weight excluding hydrogens is 415 g/mol. The second-order valence-electron chi connectivity index (χ2n) is 7.78. The zero-order chi connectivity index (χ0) is 22.7. The summed E-state index contributed by atoms with van der Waals surface area (Å²) in [6.07, 6.45) is 28.9. The fourth-order valence-electron chi connectivity index (χ4n) is 3.18. The van der Waals surface area contributed by atoms with Gasteiger partial charge in [-0.3, -0.25) is 4.55 Å². The van der Waals surface area contributed by atoms with Gasteiger partial charge in [0.1, 0.15) is 0 Å². The summed E-state index contributed by atoms with van der Waals surface area (Å²) in [7, 11) is -5.84. The van der Waals surface area contributed by atoms with E-state index in [1.165, 1.54) is 96.4 Å². The van der Waals surface area contributed by atoms with E-state index in [9.17, 15) is 13.2 Å². The normalized spacial score (nSPS) is 14.0. The highest BCUT2D eigenvalue weighted by molar-refractivity contribution is 7.86. The van der Waals surface area contributed by atoms with E-state index in [4.69, 9.17) is 13.0 Å². The number of alkyl halides is 3. The number of hydrogen-bond donors (Lipinski definition) is 1. The largest absolute Gasteiger partial charge is 0.522 e. The molecule has 0 bridgehead atoms. The third-order valence-electron chi connectivity index (χ3n) is 4.98. The third kappa shape index (κ3) is 17.8. The van der Waals surface area contributed by atoms with Gasteiger partial charge in [-0.25, -0.2) is 0 Å². The first-order valence-electron chi connectivity index (χ1n) is 11.3. The first-order chi connectivity index (χ1) is 14.2. The molecule has 0 amide bonds. The van der Waals surface area contributed by atoms with Gasteiger partial charge in [-0.05, 0) is 18.7 Å². The Labute approximate surface area is 181 Å². The summed E-state index contributed by atoms with van der Waals surface area (Å²) in [5, 5.41) is 0. The van der Waals surface area contributed by atoms with Crippen molar-refractivity contribution in [3.8, 4) is 0 Å². The molecule has 0 aromatic rings. The lowest BCUT2D eigenvalue weighted by Crippen LogP contribution is -2.21. The highest BCUT2D eigenvalue weighted by Crippen LogP contribution is 2.20. The van der Waals surface area contributed by atoms with Gasteiger partial charge in [0, 0.05) is 13.1 Å². The Balaban J connectivity index is 0.000000890. The van der Waals surface area contributed by atoms with Gasteiger partial charge in [0.15, 0.2) is 0 Å². The summed E-state index contributed by atoms with van der Waals surface area (Å²) < 4.78 is 57.5. The summed E-state index contributed by atoms with van der Waals surface area (Å²) in [6.45, 7) is 4.63. The van der Waals surface area contributed by atoms with Crippen LogP contribution >= 0.6 is 0 Å². The maximum absolute atomic E-state index is 10.7. The quantitative estimate of drug-likeness (QED) is 0.160. The molecule has 0 atom stereocenters. The van der Waals surface area contributed by atoms with E-state index in [-0.39, 0.29) is 0 Å². The Kier molecular flexibility index (Phi) is 17.0. The molecule has 0 spiro atoms. The first-order valence-corrected chi connectivity index (χ1v) is 12.7. The highest BCUT2D eigenvalue weighted by atomic mass is 32.2. The van der Waals surface area contributed by atoms with Crippen LogP contribution in [-0.2, 0) is 10.1 Å². The van der Waals surface area contributed by atoms with Crippen molar-refractivity contribution >= 4 is 10.1 Å². The standard InChI is InChI=1S/C21H39N.CHF3O3S/c1-2-3-4-5-6-7-8-9-10-11-12-13-14-16-19-22-20-17-15-18-21-22;2-1(3,4)8(5,6)7/h15,17-18,20H,2-14,16,19,21H2,1H3;(H,5,6,7). The minimum atomic E-state index is -5.84. The zero-order valence-electron chi connectivity index (χ0n) is 18.4. The number of nitrogens with zero attached hydrogens (tertiary/aromatic N) is 1. The second-order valence-corrected chi connectivity index (χ2v) is 9.19. The Morgan fingerprint density at radius 3 is 1.53 bits per heavy atom. The van der Waals surface area contributed by atoms with Gasteiger partial charge in [0.25, 0.3) is 0 Å². The molecule has 0 saturated carbocycles. The van der Waals surface area contributed by atoms with E-state index < -0.39 is 15.6 Å². The van der Waals surface area contributed by atoms with E-state index in [0.717, 1.165) is 6.54 Å². The van der Waals surface area contributed by atoms with Crippen molar-refractivity contribution in [1.82, 2.24) is 4.90 Å². The first kappa shape index (κ1) is 29.0. The highest BCUT2D eigenvalue weighted by Gasteiger charge is 2.44. The Morgan fingerprint density at radius 2 is 1.20 bits per heavy atom. The number of rotatable bonds is 15. The maximum atomic E-state index is 10.7. The van der Waals surface area contributed by atoms with Crippen LogP contribution in [-0.4, -0.2) is 36.5 Å². The van der Waals surface area contributed by atoms with E-state index in [0.29, 0.717) is 0 Å². The average Bonchev–Trinajstić information content (AvgIpc) is 2.68. The topological polar surface area (TPSA) is 57.6 Å². The Hall–Kier alpha value is -1.02. The molecule has 0 saturated heterocycles. The molecule has 1 N–H and O–H groups in total. The Bertz CT molecular complexity index is 560.